The summed E-state index contributed by atoms with van der Waals surface area (Å²) in [5.74, 6) is 0.356. The van der Waals surface area contributed by atoms with Crippen LogP contribution in [0.2, 0.25) is 0 Å². The number of anilines is 1. The van der Waals surface area contributed by atoms with E-state index in [1.54, 1.807) is 65.8 Å². The molecule has 208 valence electrons. The highest BCUT2D eigenvalue weighted by molar-refractivity contribution is 5.91. The van der Waals surface area contributed by atoms with E-state index in [1.165, 1.54) is 0 Å². The molecule has 0 aliphatic rings. The normalized spacial score (nSPS) is 12.3. The van der Waals surface area contributed by atoms with Gasteiger partial charge in [0, 0.05) is 30.2 Å². The van der Waals surface area contributed by atoms with Crippen molar-refractivity contribution in [1.29, 1.82) is 0 Å². The van der Waals surface area contributed by atoms with Crippen molar-refractivity contribution in [3.8, 4) is 17.2 Å². The molecule has 3 rings (SSSR count). The zero-order chi connectivity index (χ0) is 28.6. The van der Waals surface area contributed by atoms with Gasteiger partial charge < -0.3 is 29.4 Å². The molecule has 0 spiro atoms. The van der Waals surface area contributed by atoms with Crippen LogP contribution in [0.4, 0.5) is 10.5 Å². The van der Waals surface area contributed by atoms with Gasteiger partial charge in [0.2, 0.25) is 5.91 Å². The lowest BCUT2D eigenvalue weighted by Gasteiger charge is -2.26. The van der Waals surface area contributed by atoms with E-state index in [1.807, 2.05) is 53.4 Å². The average molecular weight is 536 g/mol. The van der Waals surface area contributed by atoms with Gasteiger partial charge in [-0.1, -0.05) is 0 Å². The molecule has 1 atom stereocenters. The zero-order valence-electron chi connectivity index (χ0n) is 23.3. The fraction of sp³-hybridized carbons (Fsp3) is 0.367. The Bertz CT molecular complexity index is 1240. The first kappa shape index (κ1) is 29.3. The quantitative estimate of drug-likeness (QED) is 0.315. The summed E-state index contributed by atoms with van der Waals surface area (Å²) >= 11 is 0. The number of benzene rings is 2. The van der Waals surface area contributed by atoms with Crippen LogP contribution in [-0.4, -0.2) is 39.8 Å². The predicted molar refractivity (Wildman–Crippen MR) is 149 cm³/mol. The minimum absolute atomic E-state index is 0.0221. The Labute approximate surface area is 229 Å². The topological polar surface area (TPSA) is 108 Å². The summed E-state index contributed by atoms with van der Waals surface area (Å²) in [7, 11) is 0. The van der Waals surface area contributed by atoms with Gasteiger partial charge in [-0.2, -0.15) is 0 Å². The molecule has 39 heavy (non-hydrogen) atoms. The number of carbonyl (C=O) groups excluding carboxylic acids is 3. The van der Waals surface area contributed by atoms with E-state index in [4.69, 9.17) is 14.2 Å². The maximum absolute atomic E-state index is 12.7. The fourth-order valence-electron chi connectivity index (χ4n) is 3.51. The number of ether oxygens (including phenoxy) is 3. The number of rotatable bonds is 9. The lowest BCUT2D eigenvalue weighted by molar-refractivity contribution is -0.157. The van der Waals surface area contributed by atoms with Crippen LogP contribution >= 0.6 is 0 Å². The number of amides is 2. The second-order valence-corrected chi connectivity index (χ2v) is 11.0. The first-order valence-electron chi connectivity index (χ1n) is 12.8. The summed E-state index contributed by atoms with van der Waals surface area (Å²) in [6.07, 6.45) is 3.20. The Kier molecular flexibility index (Phi) is 9.40. The van der Waals surface area contributed by atoms with Gasteiger partial charge in [0.15, 0.2) is 0 Å². The lowest BCUT2D eigenvalue weighted by atomic mass is 10.1. The van der Waals surface area contributed by atoms with Gasteiger partial charge in [-0.25, -0.2) is 9.59 Å². The molecule has 0 saturated carbocycles. The summed E-state index contributed by atoms with van der Waals surface area (Å²) in [4.78, 5) is 37.5. The Morgan fingerprint density at radius 1 is 0.795 bits per heavy atom. The van der Waals surface area contributed by atoms with Crippen molar-refractivity contribution in [2.24, 2.45) is 0 Å². The lowest BCUT2D eigenvalue weighted by Crippen LogP contribution is -2.46. The van der Waals surface area contributed by atoms with Crippen molar-refractivity contribution in [3.63, 3.8) is 0 Å². The Hall–Kier alpha value is -4.27. The Morgan fingerprint density at radius 3 is 1.87 bits per heavy atom. The molecule has 9 nitrogen and oxygen atoms in total. The van der Waals surface area contributed by atoms with Crippen molar-refractivity contribution in [3.05, 3.63) is 73.1 Å². The van der Waals surface area contributed by atoms with Crippen LogP contribution in [-0.2, 0) is 19.1 Å². The molecule has 1 aromatic heterocycles. The molecule has 0 bridgehead atoms. The number of nitrogens with zero attached hydrogens (tertiary/aromatic N) is 1. The van der Waals surface area contributed by atoms with Crippen LogP contribution in [0.15, 0.2) is 73.1 Å². The van der Waals surface area contributed by atoms with Gasteiger partial charge in [-0.15, -0.1) is 0 Å². The molecule has 0 aliphatic carbocycles. The van der Waals surface area contributed by atoms with E-state index in [2.05, 4.69) is 10.6 Å². The van der Waals surface area contributed by atoms with Crippen molar-refractivity contribution in [2.45, 2.75) is 71.6 Å². The molecule has 0 fully saturated rings. The highest BCUT2D eigenvalue weighted by Gasteiger charge is 2.29. The Morgan fingerprint density at radius 2 is 1.33 bits per heavy atom. The minimum Gasteiger partial charge on any atom is -0.458 e. The maximum atomic E-state index is 12.7. The van der Waals surface area contributed by atoms with E-state index in [9.17, 15) is 14.4 Å². The van der Waals surface area contributed by atoms with Gasteiger partial charge in [0.05, 0.1) is 0 Å². The van der Waals surface area contributed by atoms with E-state index in [0.717, 1.165) is 5.69 Å². The first-order valence-corrected chi connectivity index (χ1v) is 12.8. The van der Waals surface area contributed by atoms with Crippen LogP contribution < -0.4 is 15.4 Å². The van der Waals surface area contributed by atoms with E-state index >= 15 is 0 Å². The van der Waals surface area contributed by atoms with Crippen LogP contribution in [0.3, 0.4) is 0 Å². The van der Waals surface area contributed by atoms with Gasteiger partial charge in [-0.05, 0) is 109 Å². The smallest absolute Gasteiger partial charge is 0.408 e. The summed E-state index contributed by atoms with van der Waals surface area (Å²) in [6, 6.07) is 17.6. The summed E-state index contributed by atoms with van der Waals surface area (Å²) in [6.45, 7) is 10.4. The molecule has 3 aromatic rings. The molecule has 0 unspecified atom stereocenters. The summed E-state index contributed by atoms with van der Waals surface area (Å²) < 4.78 is 18.6. The number of nitrogens with one attached hydrogen (secondary N) is 2. The molecular formula is C30H37N3O6. The van der Waals surface area contributed by atoms with Gasteiger partial charge >= 0.3 is 12.1 Å². The second-order valence-electron chi connectivity index (χ2n) is 11.0. The fourth-order valence-corrected chi connectivity index (χ4v) is 3.51. The molecule has 0 radical (unpaired) electrons. The average Bonchev–Trinajstić information content (AvgIpc) is 3.36. The number of hydrogen-bond donors (Lipinski definition) is 2. The van der Waals surface area contributed by atoms with Crippen LogP contribution in [0.25, 0.3) is 5.69 Å². The molecule has 2 aromatic carbocycles. The van der Waals surface area contributed by atoms with E-state index in [-0.39, 0.29) is 18.7 Å². The SMILES string of the molecule is CC(C)(C)OC(=O)N[C@@H](CCC(=O)Nc1ccc(Oc2ccc(-n3cccc3)cc2)cc1)C(=O)OC(C)(C)C. The highest BCUT2D eigenvalue weighted by atomic mass is 16.6. The molecule has 2 N–H and O–H groups in total. The van der Waals surface area contributed by atoms with Crippen molar-refractivity contribution >= 4 is 23.7 Å². The Balaban J connectivity index is 1.54. The van der Waals surface area contributed by atoms with Gasteiger partial charge in [0.1, 0.15) is 28.7 Å². The largest absolute Gasteiger partial charge is 0.458 e. The third-order valence-electron chi connectivity index (χ3n) is 5.16. The number of esters is 1. The zero-order valence-corrected chi connectivity index (χ0v) is 23.3. The molecule has 0 saturated heterocycles. The maximum Gasteiger partial charge on any atom is 0.408 e. The molecule has 2 amide bonds. The first-order chi connectivity index (χ1) is 18.3. The third-order valence-corrected chi connectivity index (χ3v) is 5.16. The van der Waals surface area contributed by atoms with Crippen molar-refractivity contribution < 1.29 is 28.6 Å². The van der Waals surface area contributed by atoms with Crippen LogP contribution in [0.5, 0.6) is 11.5 Å². The number of alkyl carbamates (subject to hydrolysis) is 1. The summed E-state index contributed by atoms with van der Waals surface area (Å²) in [5.41, 5.74) is 0.119. The standard InChI is InChI=1S/C30H37N3O6/c1-29(2,3)38-27(35)25(32-28(36)39-30(4,5)6)17-18-26(34)31-21-9-13-23(14-10-21)37-24-15-11-22(12-16-24)33-19-7-8-20-33/h7-16,19-20,25H,17-18H2,1-6H3,(H,31,34)(H,32,36)/t25-/m0/s1. The minimum atomic E-state index is -1.04. The van der Waals surface area contributed by atoms with Gasteiger partial charge in [0.25, 0.3) is 0 Å². The van der Waals surface area contributed by atoms with E-state index in [0.29, 0.717) is 17.2 Å². The van der Waals surface area contributed by atoms with Crippen LogP contribution in [0, 0.1) is 0 Å². The number of carbonyl (C=O) groups is 3. The summed E-state index contributed by atoms with van der Waals surface area (Å²) in [5, 5.41) is 5.32. The highest BCUT2D eigenvalue weighted by Crippen LogP contribution is 2.24. The molecule has 1 heterocycles. The molecule has 0 aliphatic heterocycles. The number of aromatic nitrogens is 1. The van der Waals surface area contributed by atoms with Crippen molar-refractivity contribution in [1.82, 2.24) is 9.88 Å². The second kappa shape index (κ2) is 12.5. The third kappa shape index (κ3) is 10.2. The molecular weight excluding hydrogens is 498 g/mol. The van der Waals surface area contributed by atoms with Crippen molar-refractivity contribution in [2.75, 3.05) is 5.32 Å². The monoisotopic (exact) mass is 535 g/mol. The van der Waals surface area contributed by atoms with Gasteiger partial charge in [-0.3, -0.25) is 4.79 Å². The van der Waals surface area contributed by atoms with Crippen LogP contribution in [0.1, 0.15) is 54.4 Å². The predicted octanol–water partition coefficient (Wildman–Crippen LogP) is 6.22. The molecule has 9 heteroatoms. The number of hydrogen-bond acceptors (Lipinski definition) is 6. The van der Waals surface area contributed by atoms with E-state index < -0.39 is 29.3 Å².